The number of aryl methyl sites for hydroxylation is 3. The van der Waals surface area contributed by atoms with Gasteiger partial charge >= 0.3 is 0 Å². The van der Waals surface area contributed by atoms with E-state index in [0.29, 0.717) is 29.9 Å². The maximum Gasteiger partial charge on any atom is 0.296 e. The fraction of sp³-hybridized carbons (Fsp3) is 0.421. The van der Waals surface area contributed by atoms with E-state index in [4.69, 9.17) is 4.52 Å². The number of carbonyl (C=O) groups excluding carboxylic acids is 1. The molecule has 4 heterocycles. The number of hydrogen-bond acceptors (Lipinski definition) is 7. The Balaban J connectivity index is 1.38. The van der Waals surface area contributed by atoms with Crippen molar-refractivity contribution in [3.05, 3.63) is 46.2 Å². The van der Waals surface area contributed by atoms with Crippen molar-refractivity contribution >= 4 is 22.6 Å². The van der Waals surface area contributed by atoms with Gasteiger partial charge < -0.3 is 14.3 Å². The number of carbonyl (C=O) groups is 1. The highest BCUT2D eigenvalue weighted by molar-refractivity contribution is 5.81. The van der Waals surface area contributed by atoms with Gasteiger partial charge in [-0.25, -0.2) is 9.67 Å². The van der Waals surface area contributed by atoms with Crippen LogP contribution in [0.3, 0.4) is 0 Å². The summed E-state index contributed by atoms with van der Waals surface area (Å²) in [7, 11) is 0. The molecule has 3 aromatic rings. The molecule has 9 nitrogen and oxygen atoms in total. The fourth-order valence-electron chi connectivity index (χ4n) is 3.58. The highest BCUT2D eigenvalue weighted by Crippen LogP contribution is 2.17. The predicted octanol–water partition coefficient (Wildman–Crippen LogP) is 1.14. The zero-order valence-corrected chi connectivity index (χ0v) is 16.0. The number of pyridine rings is 1. The number of fused-ring (bicyclic) bond motifs is 1. The summed E-state index contributed by atoms with van der Waals surface area (Å²) in [5.74, 6) is 1.52. The van der Waals surface area contributed by atoms with Gasteiger partial charge in [-0.2, -0.15) is 5.10 Å². The Bertz CT molecular complexity index is 1050. The molecule has 28 heavy (non-hydrogen) atoms. The minimum Gasteiger partial charge on any atom is -0.360 e. The van der Waals surface area contributed by atoms with Gasteiger partial charge in [-0.05, 0) is 26.0 Å². The summed E-state index contributed by atoms with van der Waals surface area (Å²) in [6.07, 6.45) is 1.99. The maximum absolute atomic E-state index is 12.6. The van der Waals surface area contributed by atoms with Crippen LogP contribution in [-0.4, -0.2) is 56.9 Å². The molecule has 0 spiro atoms. The Morgan fingerprint density at radius 1 is 1.18 bits per heavy atom. The molecule has 1 fully saturated rings. The number of hydrogen-bond donors (Lipinski definition) is 0. The van der Waals surface area contributed by atoms with Crippen LogP contribution < -0.4 is 10.5 Å². The predicted molar refractivity (Wildman–Crippen MR) is 103 cm³/mol. The third-order valence-corrected chi connectivity index (χ3v) is 5.08. The first kappa shape index (κ1) is 18.1. The van der Waals surface area contributed by atoms with Crippen molar-refractivity contribution < 1.29 is 9.32 Å². The second kappa shape index (κ2) is 7.41. The first-order valence-electron chi connectivity index (χ1n) is 9.32. The lowest BCUT2D eigenvalue weighted by atomic mass is 10.2. The Morgan fingerprint density at radius 3 is 2.68 bits per heavy atom. The molecule has 0 N–H and O–H groups in total. The zero-order valence-electron chi connectivity index (χ0n) is 16.0. The van der Waals surface area contributed by atoms with Crippen LogP contribution in [0.2, 0.25) is 0 Å². The molecule has 0 bridgehead atoms. The third kappa shape index (κ3) is 3.35. The SMILES string of the molecule is Cc1nn(CCC(=O)N2CCN(c3ccccn3)CC2)c(=O)c2noc(C)c12. The fourth-order valence-corrected chi connectivity index (χ4v) is 3.58. The van der Waals surface area contributed by atoms with Crippen LogP contribution in [0.5, 0.6) is 0 Å². The van der Waals surface area contributed by atoms with Crippen LogP contribution in [0, 0.1) is 13.8 Å². The smallest absolute Gasteiger partial charge is 0.296 e. The molecule has 146 valence electrons. The van der Waals surface area contributed by atoms with Crippen molar-refractivity contribution in [2.24, 2.45) is 0 Å². The minimum absolute atomic E-state index is 0.0171. The van der Waals surface area contributed by atoms with E-state index in [1.807, 2.05) is 23.1 Å². The van der Waals surface area contributed by atoms with Gasteiger partial charge in [0.15, 0.2) is 5.52 Å². The lowest BCUT2D eigenvalue weighted by Gasteiger charge is -2.35. The van der Waals surface area contributed by atoms with Gasteiger partial charge in [-0.15, -0.1) is 0 Å². The molecule has 4 rings (SSSR count). The summed E-state index contributed by atoms with van der Waals surface area (Å²) in [5.41, 5.74) is 0.608. The molecule has 1 aliphatic heterocycles. The molecule has 1 amide bonds. The topological polar surface area (TPSA) is 97.4 Å². The largest absolute Gasteiger partial charge is 0.360 e. The second-order valence-electron chi connectivity index (χ2n) is 6.88. The van der Waals surface area contributed by atoms with Gasteiger partial charge in [-0.1, -0.05) is 11.2 Å². The standard InChI is InChI=1S/C19H22N6O3/c1-13-17-14(2)28-22-18(17)19(27)25(21-13)8-6-16(26)24-11-9-23(10-12-24)15-5-3-4-7-20-15/h3-5,7H,6,8-12H2,1-2H3. The molecule has 0 unspecified atom stereocenters. The first-order chi connectivity index (χ1) is 13.5. The Kier molecular flexibility index (Phi) is 4.81. The van der Waals surface area contributed by atoms with Crippen molar-refractivity contribution in [2.75, 3.05) is 31.1 Å². The summed E-state index contributed by atoms with van der Waals surface area (Å²) in [6, 6.07) is 5.82. The van der Waals surface area contributed by atoms with E-state index >= 15 is 0 Å². The van der Waals surface area contributed by atoms with E-state index in [1.165, 1.54) is 4.68 Å². The van der Waals surface area contributed by atoms with Crippen LogP contribution in [0.1, 0.15) is 17.9 Å². The lowest BCUT2D eigenvalue weighted by molar-refractivity contribution is -0.131. The van der Waals surface area contributed by atoms with Crippen LogP contribution in [0.4, 0.5) is 5.82 Å². The average Bonchev–Trinajstić information content (AvgIpc) is 3.12. The number of piperazine rings is 1. The Morgan fingerprint density at radius 2 is 1.96 bits per heavy atom. The van der Waals surface area contributed by atoms with Crippen molar-refractivity contribution in [2.45, 2.75) is 26.8 Å². The molecule has 0 aliphatic carbocycles. The molecule has 0 saturated carbocycles. The van der Waals surface area contributed by atoms with Crippen LogP contribution >= 0.6 is 0 Å². The maximum atomic E-state index is 12.6. The molecule has 3 aromatic heterocycles. The highest BCUT2D eigenvalue weighted by Gasteiger charge is 2.22. The molecular formula is C19H22N6O3. The van der Waals surface area contributed by atoms with Crippen molar-refractivity contribution in [3.63, 3.8) is 0 Å². The van der Waals surface area contributed by atoms with Crippen LogP contribution in [-0.2, 0) is 11.3 Å². The third-order valence-electron chi connectivity index (χ3n) is 5.08. The highest BCUT2D eigenvalue weighted by atomic mass is 16.5. The molecule has 1 saturated heterocycles. The number of rotatable bonds is 4. The van der Waals surface area contributed by atoms with E-state index < -0.39 is 0 Å². The summed E-state index contributed by atoms with van der Waals surface area (Å²) >= 11 is 0. The van der Waals surface area contributed by atoms with Crippen molar-refractivity contribution in [3.8, 4) is 0 Å². The average molecular weight is 382 g/mol. The molecule has 0 atom stereocenters. The quantitative estimate of drug-likeness (QED) is 0.667. The Hall–Kier alpha value is -3.23. The van der Waals surface area contributed by atoms with E-state index in [1.54, 1.807) is 20.0 Å². The Labute approximate surface area is 161 Å². The van der Waals surface area contributed by atoms with E-state index in [-0.39, 0.29) is 29.9 Å². The lowest BCUT2D eigenvalue weighted by Crippen LogP contribution is -2.49. The van der Waals surface area contributed by atoms with Gasteiger partial charge in [-0.3, -0.25) is 9.59 Å². The number of aromatic nitrogens is 4. The summed E-state index contributed by atoms with van der Waals surface area (Å²) < 4.78 is 6.42. The van der Waals surface area contributed by atoms with Gasteiger partial charge in [0.25, 0.3) is 5.56 Å². The van der Waals surface area contributed by atoms with Crippen LogP contribution in [0.25, 0.3) is 10.9 Å². The van der Waals surface area contributed by atoms with Crippen molar-refractivity contribution in [1.82, 2.24) is 24.8 Å². The number of nitrogens with zero attached hydrogens (tertiary/aromatic N) is 6. The summed E-state index contributed by atoms with van der Waals surface area (Å²) in [5, 5.41) is 8.81. The molecule has 0 aromatic carbocycles. The van der Waals surface area contributed by atoms with E-state index in [9.17, 15) is 9.59 Å². The molecular weight excluding hydrogens is 360 g/mol. The first-order valence-corrected chi connectivity index (χ1v) is 9.32. The number of anilines is 1. The minimum atomic E-state index is -0.328. The van der Waals surface area contributed by atoms with E-state index in [0.717, 1.165) is 18.9 Å². The number of amides is 1. The monoisotopic (exact) mass is 382 g/mol. The molecule has 9 heteroatoms. The summed E-state index contributed by atoms with van der Waals surface area (Å²) in [4.78, 5) is 33.5. The second-order valence-corrected chi connectivity index (χ2v) is 6.88. The normalized spacial score (nSPS) is 14.6. The van der Waals surface area contributed by atoms with E-state index in [2.05, 4.69) is 20.1 Å². The summed E-state index contributed by atoms with van der Waals surface area (Å²) in [6.45, 7) is 6.54. The van der Waals surface area contributed by atoms with Gasteiger partial charge in [0, 0.05) is 38.8 Å². The molecule has 0 radical (unpaired) electrons. The zero-order chi connectivity index (χ0) is 19.7. The van der Waals surface area contributed by atoms with Gasteiger partial charge in [0.2, 0.25) is 5.91 Å². The van der Waals surface area contributed by atoms with Crippen molar-refractivity contribution in [1.29, 1.82) is 0 Å². The van der Waals surface area contributed by atoms with Crippen LogP contribution in [0.15, 0.2) is 33.7 Å². The molecule has 1 aliphatic rings. The van der Waals surface area contributed by atoms with Gasteiger partial charge in [0.1, 0.15) is 11.6 Å². The van der Waals surface area contributed by atoms with Gasteiger partial charge in [0.05, 0.1) is 17.6 Å².